The number of methoxy groups -OCH3 is 1. The van der Waals surface area contributed by atoms with Crippen LogP contribution in [-0.2, 0) is 15.6 Å². The van der Waals surface area contributed by atoms with E-state index < -0.39 is 15.6 Å². The summed E-state index contributed by atoms with van der Waals surface area (Å²) in [6.45, 7) is 7.57. The van der Waals surface area contributed by atoms with Crippen LogP contribution in [0.4, 0.5) is 5.69 Å². The maximum absolute atomic E-state index is 12.6. The van der Waals surface area contributed by atoms with Crippen molar-refractivity contribution in [2.75, 3.05) is 17.8 Å². The summed E-state index contributed by atoms with van der Waals surface area (Å²) in [5.74, 6) is -0.950. The average Bonchev–Trinajstić information content (AvgIpc) is 3.18. The van der Waals surface area contributed by atoms with Crippen LogP contribution in [0.1, 0.15) is 33.4 Å². The number of nitrogens with one attached hydrogen (secondary N) is 2. The van der Waals surface area contributed by atoms with Crippen molar-refractivity contribution in [2.24, 2.45) is 10.7 Å². The van der Waals surface area contributed by atoms with E-state index in [-0.39, 0.29) is 34.0 Å². The average molecular weight is 484 g/mol. The Morgan fingerprint density at radius 2 is 2.06 bits per heavy atom. The Morgan fingerprint density at radius 1 is 1.29 bits per heavy atom. The number of hydrogen-bond donors (Lipinski definition) is 3. The largest absolute Gasteiger partial charge is 0.496 e. The van der Waals surface area contributed by atoms with Gasteiger partial charge in [0.2, 0.25) is 5.79 Å². The van der Waals surface area contributed by atoms with Crippen LogP contribution in [0.15, 0.2) is 58.5 Å². The fourth-order valence-corrected chi connectivity index (χ4v) is 4.89. The zero-order valence-corrected chi connectivity index (χ0v) is 20.7. The number of aryl methyl sites for hydroxylation is 1. The van der Waals surface area contributed by atoms with Gasteiger partial charge in [0.15, 0.2) is 9.84 Å². The van der Waals surface area contributed by atoms with Crippen molar-refractivity contribution in [3.8, 4) is 5.75 Å². The molecule has 9 nitrogen and oxygen atoms in total. The van der Waals surface area contributed by atoms with E-state index in [1.54, 1.807) is 19.2 Å². The predicted octanol–water partition coefficient (Wildman–Crippen LogP) is 3.17. The smallest absolute Gasteiger partial charge is 0.214 e. The Balaban J connectivity index is 1.86. The summed E-state index contributed by atoms with van der Waals surface area (Å²) in [6, 6.07) is 8.64. The molecule has 0 saturated carbocycles. The SMILES string of the molecule is [2H]c1cc(S(=O)(=O)CC)cc(C2(N)N=C(N(c3ccc4c(C)n[nH]c4c3)C(C)C)C=CN2)c1OC. The molecule has 1 aromatic heterocycles. The second-order valence-corrected chi connectivity index (χ2v) is 10.7. The first-order valence-electron chi connectivity index (χ1n) is 11.5. The highest BCUT2D eigenvalue weighted by molar-refractivity contribution is 7.91. The molecule has 0 fully saturated rings. The standard InChI is InChI=1S/C24H30N6O3S/c1-6-34(31,32)18-8-10-22(33-5)20(14-18)24(25)26-12-11-23(27-24)30(15(2)3)17-7-9-19-16(4)28-29-21(19)13-17/h7-15,26H,6,25H2,1-5H3,(H,28,29)/i10D. The lowest BCUT2D eigenvalue weighted by atomic mass is 10.1. The molecular weight excluding hydrogens is 452 g/mol. The van der Waals surface area contributed by atoms with Gasteiger partial charge in [-0.15, -0.1) is 0 Å². The number of amidine groups is 1. The molecule has 0 radical (unpaired) electrons. The quantitative estimate of drug-likeness (QED) is 0.492. The van der Waals surface area contributed by atoms with Crippen LogP contribution in [0.2, 0.25) is 0 Å². The number of H-pyrrole nitrogens is 1. The van der Waals surface area contributed by atoms with Gasteiger partial charge in [0, 0.05) is 23.3 Å². The number of anilines is 1. The van der Waals surface area contributed by atoms with Crippen molar-refractivity contribution in [3.63, 3.8) is 0 Å². The van der Waals surface area contributed by atoms with Gasteiger partial charge in [-0.3, -0.25) is 10.8 Å². The van der Waals surface area contributed by atoms with Gasteiger partial charge in [-0.2, -0.15) is 5.10 Å². The molecule has 34 heavy (non-hydrogen) atoms. The lowest BCUT2D eigenvalue weighted by molar-refractivity contribution is 0.359. The summed E-state index contributed by atoms with van der Waals surface area (Å²) >= 11 is 0. The minimum Gasteiger partial charge on any atom is -0.496 e. The number of hydrogen-bond acceptors (Lipinski definition) is 8. The third-order valence-electron chi connectivity index (χ3n) is 5.84. The number of nitrogens with zero attached hydrogens (tertiary/aromatic N) is 3. The third-order valence-corrected chi connectivity index (χ3v) is 7.55. The highest BCUT2D eigenvalue weighted by Gasteiger charge is 2.34. The summed E-state index contributed by atoms with van der Waals surface area (Å²) in [5, 5.41) is 11.4. The molecule has 4 N–H and O–H groups in total. The van der Waals surface area contributed by atoms with Crippen LogP contribution in [0.25, 0.3) is 10.9 Å². The van der Waals surface area contributed by atoms with E-state index in [0.29, 0.717) is 5.84 Å². The number of aliphatic imine (C=N–C) groups is 1. The maximum atomic E-state index is 12.6. The number of sulfone groups is 1. The molecule has 2 aromatic carbocycles. The number of rotatable bonds is 6. The maximum Gasteiger partial charge on any atom is 0.214 e. The first kappa shape index (κ1) is 22.4. The van der Waals surface area contributed by atoms with Gasteiger partial charge in [0.1, 0.15) is 11.6 Å². The second-order valence-electron chi connectivity index (χ2n) is 8.40. The van der Waals surface area contributed by atoms with E-state index in [4.69, 9.17) is 16.8 Å². The molecule has 2 heterocycles. The molecule has 1 atom stereocenters. The molecule has 1 aliphatic heterocycles. The first-order valence-corrected chi connectivity index (χ1v) is 12.6. The zero-order chi connectivity index (χ0) is 25.5. The number of nitrogens with two attached hydrogens (primary N) is 1. The fourth-order valence-electron chi connectivity index (χ4n) is 4.02. The van der Waals surface area contributed by atoms with E-state index in [1.165, 1.54) is 19.2 Å². The molecule has 3 aromatic rings. The van der Waals surface area contributed by atoms with Gasteiger partial charge in [0.25, 0.3) is 0 Å². The summed E-state index contributed by atoms with van der Waals surface area (Å²) < 4.78 is 39.0. The lowest BCUT2D eigenvalue weighted by Crippen LogP contribution is -2.51. The van der Waals surface area contributed by atoms with Crippen molar-refractivity contribution >= 4 is 32.3 Å². The van der Waals surface area contributed by atoms with Crippen molar-refractivity contribution < 1.29 is 14.5 Å². The molecule has 0 bridgehead atoms. The molecule has 1 unspecified atom stereocenters. The van der Waals surface area contributed by atoms with E-state index >= 15 is 0 Å². The van der Waals surface area contributed by atoms with Crippen LogP contribution >= 0.6 is 0 Å². The molecule has 0 aliphatic carbocycles. The van der Waals surface area contributed by atoms with Crippen LogP contribution in [0.3, 0.4) is 0 Å². The molecule has 4 rings (SSSR count). The van der Waals surface area contributed by atoms with Crippen LogP contribution in [0, 0.1) is 6.92 Å². The highest BCUT2D eigenvalue weighted by atomic mass is 32.2. The van der Waals surface area contributed by atoms with Crippen molar-refractivity contribution in [2.45, 2.75) is 44.4 Å². The minimum absolute atomic E-state index is 0.000454. The molecule has 1 aliphatic rings. The van der Waals surface area contributed by atoms with E-state index in [0.717, 1.165) is 22.3 Å². The van der Waals surface area contributed by atoms with Crippen molar-refractivity contribution in [1.29, 1.82) is 0 Å². The summed E-state index contributed by atoms with van der Waals surface area (Å²) in [6.07, 6.45) is 3.47. The molecule has 0 amide bonds. The minimum atomic E-state index is -3.58. The number of benzene rings is 2. The summed E-state index contributed by atoms with van der Waals surface area (Å²) in [4.78, 5) is 6.83. The van der Waals surface area contributed by atoms with Crippen LogP contribution in [0.5, 0.6) is 5.75 Å². The number of ether oxygens (including phenoxy) is 1. The Hall–Kier alpha value is -3.37. The summed E-state index contributed by atoms with van der Waals surface area (Å²) in [5.41, 5.74) is 9.69. The second kappa shape index (κ2) is 8.77. The number of aromatic amines is 1. The normalized spacial score (nSPS) is 18.6. The molecule has 180 valence electrons. The van der Waals surface area contributed by atoms with E-state index in [1.807, 2.05) is 43.9 Å². The van der Waals surface area contributed by atoms with Gasteiger partial charge in [-0.05, 0) is 63.2 Å². The Bertz CT molecular complexity index is 1450. The fraction of sp³-hybridized carbons (Fsp3) is 0.333. The first-order chi connectivity index (χ1) is 16.5. The molecule has 0 saturated heterocycles. The molecular formula is C24H30N6O3S. The van der Waals surface area contributed by atoms with Gasteiger partial charge >= 0.3 is 0 Å². The van der Waals surface area contributed by atoms with Crippen LogP contribution < -0.4 is 20.7 Å². The Kier molecular flexibility index (Phi) is 5.78. The predicted molar refractivity (Wildman–Crippen MR) is 135 cm³/mol. The summed E-state index contributed by atoms with van der Waals surface area (Å²) in [7, 11) is -2.17. The monoisotopic (exact) mass is 483 g/mol. The van der Waals surface area contributed by atoms with Crippen LogP contribution in [-0.4, -0.2) is 43.4 Å². The van der Waals surface area contributed by atoms with Gasteiger partial charge in [0.05, 0.1) is 35.9 Å². The van der Waals surface area contributed by atoms with Gasteiger partial charge < -0.3 is 15.0 Å². The molecule has 10 heteroatoms. The van der Waals surface area contributed by atoms with Gasteiger partial charge in [-0.25, -0.2) is 13.4 Å². The number of fused-ring (bicyclic) bond motifs is 1. The Morgan fingerprint density at radius 3 is 2.74 bits per heavy atom. The van der Waals surface area contributed by atoms with Gasteiger partial charge in [-0.1, -0.05) is 6.92 Å². The Labute approximate surface area is 201 Å². The third kappa shape index (κ3) is 4.14. The van der Waals surface area contributed by atoms with Crippen molar-refractivity contribution in [1.82, 2.24) is 15.5 Å². The highest BCUT2D eigenvalue weighted by Crippen LogP contribution is 2.33. The van der Waals surface area contributed by atoms with E-state index in [9.17, 15) is 8.42 Å². The van der Waals surface area contributed by atoms with Crippen molar-refractivity contribution in [3.05, 3.63) is 59.9 Å². The zero-order valence-electron chi connectivity index (χ0n) is 20.9. The number of aromatic nitrogens is 2. The van der Waals surface area contributed by atoms with E-state index in [2.05, 4.69) is 15.5 Å². The topological polar surface area (TPSA) is 126 Å². The lowest BCUT2D eigenvalue weighted by Gasteiger charge is -2.36. The molecule has 0 spiro atoms.